The van der Waals surface area contributed by atoms with Crippen molar-refractivity contribution in [3.8, 4) is 0 Å². The Morgan fingerprint density at radius 3 is 2.89 bits per heavy atom. The Labute approximate surface area is 106 Å². The summed E-state index contributed by atoms with van der Waals surface area (Å²) in [5, 5.41) is 3.21. The van der Waals surface area contributed by atoms with Crippen LogP contribution in [0.25, 0.3) is 0 Å². The molecule has 1 saturated heterocycles. The fourth-order valence-corrected chi connectivity index (χ4v) is 2.40. The smallest absolute Gasteiger partial charge is 0.265 e. The third-order valence-electron chi connectivity index (χ3n) is 3.29. The number of likely N-dealkylation sites (tertiary alicyclic amines) is 1. The Kier molecular flexibility index (Phi) is 4.01. The highest BCUT2D eigenvalue weighted by Gasteiger charge is 2.20. The van der Waals surface area contributed by atoms with Crippen molar-refractivity contribution in [2.45, 2.75) is 25.3 Å². The lowest BCUT2D eigenvalue weighted by Gasteiger charge is -2.31. The average Bonchev–Trinajstić information content (AvgIpc) is 2.31. The van der Waals surface area contributed by atoms with Gasteiger partial charge in [0.05, 0.1) is 0 Å². The van der Waals surface area contributed by atoms with Crippen LogP contribution in [-0.2, 0) is 0 Å². The van der Waals surface area contributed by atoms with Gasteiger partial charge in [-0.15, -0.1) is 0 Å². The molecule has 0 aromatic heterocycles. The van der Waals surface area contributed by atoms with Crippen molar-refractivity contribution in [3.63, 3.8) is 0 Å². The first-order chi connectivity index (χ1) is 8.56. The van der Waals surface area contributed by atoms with Crippen molar-refractivity contribution in [1.29, 1.82) is 0 Å². The molecular formula is C13H19F2N3. The van der Waals surface area contributed by atoms with E-state index in [1.165, 1.54) is 6.07 Å². The minimum absolute atomic E-state index is 0.0109. The van der Waals surface area contributed by atoms with Crippen molar-refractivity contribution in [2.24, 2.45) is 0 Å². The zero-order valence-corrected chi connectivity index (χ0v) is 10.5. The van der Waals surface area contributed by atoms with Crippen LogP contribution in [-0.4, -0.2) is 31.1 Å². The summed E-state index contributed by atoms with van der Waals surface area (Å²) in [6.45, 7) is 1.95. The number of piperidine rings is 1. The third-order valence-corrected chi connectivity index (χ3v) is 3.29. The number of nitrogen functional groups attached to an aromatic ring is 1. The summed E-state index contributed by atoms with van der Waals surface area (Å²) in [5.41, 5.74) is 6.41. The minimum atomic E-state index is -2.50. The Hall–Kier alpha value is -1.36. The molecule has 1 unspecified atom stereocenters. The van der Waals surface area contributed by atoms with Gasteiger partial charge in [-0.2, -0.15) is 0 Å². The van der Waals surface area contributed by atoms with Crippen molar-refractivity contribution >= 4 is 11.4 Å². The van der Waals surface area contributed by atoms with Crippen LogP contribution in [0.15, 0.2) is 18.2 Å². The van der Waals surface area contributed by atoms with Gasteiger partial charge in [-0.25, -0.2) is 8.78 Å². The van der Waals surface area contributed by atoms with E-state index in [2.05, 4.69) is 10.2 Å². The molecule has 1 atom stereocenters. The molecule has 1 aromatic rings. The predicted molar refractivity (Wildman–Crippen MR) is 70.0 cm³/mol. The van der Waals surface area contributed by atoms with Gasteiger partial charge in [0.1, 0.15) is 0 Å². The number of nitrogens with zero attached hydrogens (tertiary/aromatic N) is 1. The van der Waals surface area contributed by atoms with E-state index in [0.717, 1.165) is 25.9 Å². The normalized spacial score (nSPS) is 21.2. The van der Waals surface area contributed by atoms with E-state index in [-0.39, 0.29) is 11.6 Å². The first-order valence-electron chi connectivity index (χ1n) is 6.19. The third kappa shape index (κ3) is 3.10. The van der Waals surface area contributed by atoms with E-state index in [0.29, 0.717) is 11.4 Å². The molecule has 1 fully saturated rings. The number of halogens is 2. The molecule has 3 nitrogen and oxygen atoms in total. The molecule has 1 aliphatic rings. The lowest BCUT2D eigenvalue weighted by atomic mass is 10.0. The summed E-state index contributed by atoms with van der Waals surface area (Å²) >= 11 is 0. The van der Waals surface area contributed by atoms with Crippen LogP contribution >= 0.6 is 0 Å². The van der Waals surface area contributed by atoms with Gasteiger partial charge in [-0.05, 0) is 44.6 Å². The second-order valence-electron chi connectivity index (χ2n) is 4.89. The highest BCUT2D eigenvalue weighted by Crippen LogP contribution is 2.30. The Morgan fingerprint density at radius 1 is 1.44 bits per heavy atom. The van der Waals surface area contributed by atoms with E-state index >= 15 is 0 Å². The van der Waals surface area contributed by atoms with Gasteiger partial charge < -0.3 is 16.0 Å². The van der Waals surface area contributed by atoms with Crippen molar-refractivity contribution < 1.29 is 8.78 Å². The predicted octanol–water partition coefficient (Wildman–Crippen LogP) is 2.71. The topological polar surface area (TPSA) is 41.3 Å². The molecule has 0 spiro atoms. The molecule has 0 amide bonds. The lowest BCUT2D eigenvalue weighted by Crippen LogP contribution is -2.39. The standard InChI is InChI=1S/C13H19F2N3/c1-18-6-2-3-10(8-18)17-12-5-4-9(16)7-11(12)13(14)15/h4-5,7,10,13,17H,2-3,6,8,16H2,1H3. The van der Waals surface area contributed by atoms with Gasteiger partial charge in [0.2, 0.25) is 0 Å². The minimum Gasteiger partial charge on any atom is -0.399 e. The zero-order chi connectivity index (χ0) is 13.1. The lowest BCUT2D eigenvalue weighted by molar-refractivity contribution is 0.152. The average molecular weight is 255 g/mol. The van der Waals surface area contributed by atoms with Crippen molar-refractivity contribution in [3.05, 3.63) is 23.8 Å². The molecule has 0 radical (unpaired) electrons. The maximum absolute atomic E-state index is 12.9. The highest BCUT2D eigenvalue weighted by atomic mass is 19.3. The summed E-state index contributed by atoms with van der Waals surface area (Å²) in [6, 6.07) is 4.87. The molecule has 100 valence electrons. The molecule has 0 saturated carbocycles. The number of likely N-dealkylation sites (N-methyl/N-ethyl adjacent to an activating group) is 1. The van der Waals surface area contributed by atoms with Crippen LogP contribution in [0, 0.1) is 0 Å². The maximum atomic E-state index is 12.9. The van der Waals surface area contributed by atoms with E-state index < -0.39 is 6.43 Å². The highest BCUT2D eigenvalue weighted by molar-refractivity contribution is 5.59. The SMILES string of the molecule is CN1CCCC(Nc2ccc(N)cc2C(F)F)C1. The number of anilines is 2. The Morgan fingerprint density at radius 2 is 2.22 bits per heavy atom. The summed E-state index contributed by atoms with van der Waals surface area (Å²) in [7, 11) is 2.05. The number of hydrogen-bond donors (Lipinski definition) is 2. The molecule has 0 aliphatic carbocycles. The van der Waals surface area contributed by atoms with Gasteiger partial charge in [-0.3, -0.25) is 0 Å². The first-order valence-corrected chi connectivity index (χ1v) is 6.19. The second-order valence-corrected chi connectivity index (χ2v) is 4.89. The van der Waals surface area contributed by atoms with Gasteiger partial charge in [0.25, 0.3) is 6.43 Å². The molecule has 1 heterocycles. The van der Waals surface area contributed by atoms with Crippen molar-refractivity contribution in [2.75, 3.05) is 31.2 Å². The molecular weight excluding hydrogens is 236 g/mol. The summed E-state index contributed by atoms with van der Waals surface area (Å²) in [4.78, 5) is 2.21. The maximum Gasteiger partial charge on any atom is 0.265 e. The molecule has 5 heteroatoms. The summed E-state index contributed by atoms with van der Waals surface area (Å²) in [5.74, 6) is 0. The quantitative estimate of drug-likeness (QED) is 0.816. The molecule has 2 rings (SSSR count). The number of rotatable bonds is 3. The monoisotopic (exact) mass is 255 g/mol. The number of hydrogen-bond acceptors (Lipinski definition) is 3. The molecule has 0 bridgehead atoms. The van der Waals surface area contributed by atoms with Crippen LogP contribution in [0.5, 0.6) is 0 Å². The summed E-state index contributed by atoms with van der Waals surface area (Å²) in [6.07, 6.45) is -0.401. The van der Waals surface area contributed by atoms with Gasteiger partial charge in [0, 0.05) is 29.5 Å². The second kappa shape index (κ2) is 5.52. The van der Waals surface area contributed by atoms with Crippen LogP contribution < -0.4 is 11.1 Å². The number of benzene rings is 1. The Balaban J connectivity index is 2.12. The fraction of sp³-hybridized carbons (Fsp3) is 0.538. The number of nitrogens with two attached hydrogens (primary N) is 1. The van der Waals surface area contributed by atoms with Gasteiger partial charge >= 0.3 is 0 Å². The molecule has 1 aromatic carbocycles. The van der Waals surface area contributed by atoms with Gasteiger partial charge in [0.15, 0.2) is 0 Å². The largest absolute Gasteiger partial charge is 0.399 e. The molecule has 18 heavy (non-hydrogen) atoms. The molecule has 1 aliphatic heterocycles. The van der Waals surface area contributed by atoms with E-state index in [1.807, 2.05) is 7.05 Å². The number of nitrogens with one attached hydrogen (secondary N) is 1. The fourth-order valence-electron chi connectivity index (χ4n) is 2.40. The van der Waals surface area contributed by atoms with E-state index in [9.17, 15) is 8.78 Å². The summed E-state index contributed by atoms with van der Waals surface area (Å²) < 4.78 is 25.9. The Bertz CT molecular complexity index is 409. The van der Waals surface area contributed by atoms with Crippen LogP contribution in [0.4, 0.5) is 20.2 Å². The number of alkyl halides is 2. The zero-order valence-electron chi connectivity index (χ0n) is 10.5. The first kappa shape index (κ1) is 13.1. The van der Waals surface area contributed by atoms with Crippen LogP contribution in [0.3, 0.4) is 0 Å². The van der Waals surface area contributed by atoms with E-state index in [4.69, 9.17) is 5.73 Å². The van der Waals surface area contributed by atoms with Crippen molar-refractivity contribution in [1.82, 2.24) is 4.90 Å². The van der Waals surface area contributed by atoms with Crippen LogP contribution in [0.2, 0.25) is 0 Å². The van der Waals surface area contributed by atoms with Crippen LogP contribution in [0.1, 0.15) is 24.8 Å². The molecule has 3 N–H and O–H groups in total. The van der Waals surface area contributed by atoms with E-state index in [1.54, 1.807) is 12.1 Å². The van der Waals surface area contributed by atoms with Gasteiger partial charge in [-0.1, -0.05) is 0 Å².